The number of nitrogens with zero attached hydrogens (tertiary/aromatic N) is 1. The lowest BCUT2D eigenvalue weighted by Gasteiger charge is -2.32. The highest BCUT2D eigenvalue weighted by Gasteiger charge is 2.25. The number of hydrogen-bond acceptors (Lipinski definition) is 4. The molecular weight excluding hydrogens is 384 g/mol. The minimum Gasteiger partial charge on any atom is -0.410 e. The van der Waals surface area contributed by atoms with Crippen LogP contribution in [-0.2, 0) is 0 Å². The van der Waals surface area contributed by atoms with E-state index >= 15 is 0 Å². The van der Waals surface area contributed by atoms with Crippen LogP contribution in [0.2, 0.25) is 4.34 Å². The summed E-state index contributed by atoms with van der Waals surface area (Å²) >= 11 is 7.17. The fraction of sp³-hybridized carbons (Fsp3) is 0.400. The molecule has 1 fully saturated rings. The van der Waals surface area contributed by atoms with Crippen molar-refractivity contribution < 1.29 is 14.3 Å². The number of carbonyl (C=O) groups is 2. The van der Waals surface area contributed by atoms with Crippen LogP contribution in [0.5, 0.6) is 5.75 Å². The first-order chi connectivity index (χ1) is 13.0. The van der Waals surface area contributed by atoms with Crippen molar-refractivity contribution >= 4 is 34.9 Å². The molecule has 1 aliphatic heterocycles. The number of likely N-dealkylation sites (tertiary alicyclic amines) is 1. The van der Waals surface area contributed by atoms with Crippen molar-refractivity contribution in [3.63, 3.8) is 0 Å². The molecule has 0 saturated carbocycles. The van der Waals surface area contributed by atoms with Gasteiger partial charge in [0, 0.05) is 19.1 Å². The zero-order valence-corrected chi connectivity index (χ0v) is 16.8. The summed E-state index contributed by atoms with van der Waals surface area (Å²) < 4.78 is 6.01. The van der Waals surface area contributed by atoms with Gasteiger partial charge in [0.1, 0.15) is 5.75 Å². The summed E-state index contributed by atoms with van der Waals surface area (Å²) in [7, 11) is 0. The lowest BCUT2D eigenvalue weighted by Crippen LogP contribution is -2.42. The summed E-state index contributed by atoms with van der Waals surface area (Å²) in [5, 5.41) is 3.03. The molecule has 0 unspecified atom stereocenters. The number of thiophene rings is 1. The maximum Gasteiger partial charge on any atom is 0.415 e. The number of para-hydroxylation sites is 1. The van der Waals surface area contributed by atoms with Gasteiger partial charge in [-0.25, -0.2) is 4.79 Å². The molecule has 2 amide bonds. The van der Waals surface area contributed by atoms with Crippen LogP contribution in [0.1, 0.15) is 35.9 Å². The lowest BCUT2D eigenvalue weighted by atomic mass is 9.91. The molecule has 0 aliphatic carbocycles. The van der Waals surface area contributed by atoms with E-state index in [2.05, 4.69) is 5.32 Å². The number of piperidine rings is 1. The maximum atomic E-state index is 12.2. The molecule has 1 aromatic heterocycles. The summed E-state index contributed by atoms with van der Waals surface area (Å²) in [6.45, 7) is 3.37. The Bertz CT molecular complexity index is 773. The van der Waals surface area contributed by atoms with Crippen LogP contribution in [0, 0.1) is 5.92 Å². The van der Waals surface area contributed by atoms with Gasteiger partial charge in [-0.3, -0.25) is 4.79 Å². The highest BCUT2D eigenvalue weighted by molar-refractivity contribution is 7.18. The second-order valence-electron chi connectivity index (χ2n) is 6.83. The van der Waals surface area contributed by atoms with E-state index in [0.29, 0.717) is 34.0 Å². The van der Waals surface area contributed by atoms with E-state index in [-0.39, 0.29) is 18.0 Å². The van der Waals surface area contributed by atoms with Gasteiger partial charge < -0.3 is 15.0 Å². The molecule has 1 saturated heterocycles. The molecule has 0 radical (unpaired) electrons. The number of rotatable bonds is 5. The Morgan fingerprint density at radius 1 is 1.22 bits per heavy atom. The molecule has 7 heteroatoms. The average molecular weight is 407 g/mol. The van der Waals surface area contributed by atoms with E-state index in [0.717, 1.165) is 19.3 Å². The van der Waals surface area contributed by atoms with Crippen molar-refractivity contribution in [3.8, 4) is 5.75 Å². The third-order valence-corrected chi connectivity index (χ3v) is 5.91. The van der Waals surface area contributed by atoms with Gasteiger partial charge in [-0.15, -0.1) is 11.3 Å². The van der Waals surface area contributed by atoms with Gasteiger partial charge in [0.25, 0.3) is 5.91 Å². The van der Waals surface area contributed by atoms with Gasteiger partial charge in [-0.05, 0) is 56.4 Å². The zero-order chi connectivity index (χ0) is 19.2. The van der Waals surface area contributed by atoms with Crippen LogP contribution in [0.25, 0.3) is 0 Å². The van der Waals surface area contributed by atoms with E-state index in [1.165, 1.54) is 11.3 Å². The van der Waals surface area contributed by atoms with Gasteiger partial charge in [-0.1, -0.05) is 29.8 Å². The van der Waals surface area contributed by atoms with Gasteiger partial charge in [-0.2, -0.15) is 0 Å². The molecule has 144 valence electrons. The topological polar surface area (TPSA) is 58.6 Å². The number of hydrogen-bond donors (Lipinski definition) is 1. The van der Waals surface area contributed by atoms with Crippen molar-refractivity contribution in [2.24, 2.45) is 5.92 Å². The summed E-state index contributed by atoms with van der Waals surface area (Å²) in [4.78, 5) is 26.8. The number of carbonyl (C=O) groups excluding carboxylic acids is 2. The van der Waals surface area contributed by atoms with E-state index in [1.54, 1.807) is 29.2 Å². The predicted molar refractivity (Wildman–Crippen MR) is 108 cm³/mol. The summed E-state index contributed by atoms with van der Waals surface area (Å²) in [6, 6.07) is 12.7. The molecule has 1 aliphatic rings. The van der Waals surface area contributed by atoms with Crippen LogP contribution in [-0.4, -0.2) is 36.0 Å². The van der Waals surface area contributed by atoms with E-state index in [9.17, 15) is 9.59 Å². The van der Waals surface area contributed by atoms with E-state index < -0.39 is 0 Å². The van der Waals surface area contributed by atoms with E-state index in [1.807, 2.05) is 25.1 Å². The Morgan fingerprint density at radius 3 is 2.56 bits per heavy atom. The maximum absolute atomic E-state index is 12.2. The Labute approximate surface area is 168 Å². The van der Waals surface area contributed by atoms with E-state index in [4.69, 9.17) is 16.3 Å². The number of amides is 2. The molecule has 2 heterocycles. The smallest absolute Gasteiger partial charge is 0.410 e. The summed E-state index contributed by atoms with van der Waals surface area (Å²) in [5.41, 5.74) is 0. The van der Waals surface area contributed by atoms with Crippen molar-refractivity contribution in [1.82, 2.24) is 10.2 Å². The SMILES string of the molecule is C[C@H](CC1CCN(C(=O)Oc2ccccc2)CC1)NC(=O)c1ccc(Cl)s1. The second kappa shape index (κ2) is 9.24. The fourth-order valence-electron chi connectivity index (χ4n) is 3.30. The first kappa shape index (κ1) is 19.7. The first-order valence-electron chi connectivity index (χ1n) is 9.09. The number of halogens is 1. The number of nitrogens with one attached hydrogen (secondary N) is 1. The van der Waals surface area contributed by atoms with Gasteiger partial charge in [0.2, 0.25) is 0 Å². The minimum atomic E-state index is -0.296. The van der Waals surface area contributed by atoms with Crippen molar-refractivity contribution in [1.29, 1.82) is 0 Å². The molecular formula is C20H23ClN2O3S. The Kier molecular flexibility index (Phi) is 6.74. The third-order valence-electron chi connectivity index (χ3n) is 4.68. The molecule has 1 N–H and O–H groups in total. The first-order valence-corrected chi connectivity index (χ1v) is 10.3. The molecule has 1 aromatic carbocycles. The van der Waals surface area contributed by atoms with Crippen LogP contribution in [0.3, 0.4) is 0 Å². The molecule has 5 nitrogen and oxygen atoms in total. The monoisotopic (exact) mass is 406 g/mol. The third kappa shape index (κ3) is 5.71. The quantitative estimate of drug-likeness (QED) is 0.774. The highest BCUT2D eigenvalue weighted by atomic mass is 35.5. The van der Waals surface area contributed by atoms with Crippen LogP contribution in [0.4, 0.5) is 4.79 Å². The number of ether oxygens (including phenoxy) is 1. The molecule has 0 bridgehead atoms. The predicted octanol–water partition coefficient (Wildman–Crippen LogP) is 4.82. The van der Waals surface area contributed by atoms with Crippen LogP contribution in [0.15, 0.2) is 42.5 Å². The molecule has 0 spiro atoms. The Balaban J connectivity index is 1.41. The van der Waals surface area contributed by atoms with Gasteiger partial charge in [0.05, 0.1) is 9.21 Å². The molecule has 1 atom stereocenters. The average Bonchev–Trinajstić information content (AvgIpc) is 3.09. The Morgan fingerprint density at radius 2 is 1.93 bits per heavy atom. The van der Waals surface area contributed by atoms with Crippen molar-refractivity contribution in [2.45, 2.75) is 32.2 Å². The van der Waals surface area contributed by atoms with Crippen LogP contribution >= 0.6 is 22.9 Å². The number of benzene rings is 1. The largest absolute Gasteiger partial charge is 0.415 e. The minimum absolute atomic E-state index is 0.0752. The highest BCUT2D eigenvalue weighted by Crippen LogP contribution is 2.24. The van der Waals surface area contributed by atoms with Crippen molar-refractivity contribution in [3.05, 3.63) is 51.7 Å². The Hall–Kier alpha value is -2.05. The molecule has 27 heavy (non-hydrogen) atoms. The summed E-state index contributed by atoms with van der Waals surface area (Å²) in [5.74, 6) is 0.964. The second-order valence-corrected chi connectivity index (χ2v) is 8.54. The summed E-state index contributed by atoms with van der Waals surface area (Å²) in [6.07, 6.45) is 2.42. The van der Waals surface area contributed by atoms with Crippen molar-refractivity contribution in [2.75, 3.05) is 13.1 Å². The molecule has 2 aromatic rings. The normalized spacial score (nSPS) is 16.0. The van der Waals surface area contributed by atoms with Gasteiger partial charge >= 0.3 is 6.09 Å². The standard InChI is InChI=1S/C20H23ClN2O3S/c1-14(22-19(24)17-7-8-18(21)27-17)13-15-9-11-23(12-10-15)20(25)26-16-5-3-2-4-6-16/h2-8,14-15H,9-13H2,1H3,(H,22,24)/t14-/m1/s1. The van der Waals surface area contributed by atoms with Gasteiger partial charge in [0.15, 0.2) is 0 Å². The van der Waals surface area contributed by atoms with Crippen LogP contribution < -0.4 is 10.1 Å². The zero-order valence-electron chi connectivity index (χ0n) is 15.2. The fourth-order valence-corrected chi connectivity index (χ4v) is 4.24. The molecule has 3 rings (SSSR count). The lowest BCUT2D eigenvalue weighted by molar-refractivity contribution is 0.0933.